The Hall–Kier alpha value is -1.13. The molecule has 17 heavy (non-hydrogen) atoms. The Kier molecular flexibility index (Phi) is 4.11. The fourth-order valence-electron chi connectivity index (χ4n) is 1.59. The first-order chi connectivity index (χ1) is 7.81. The van der Waals surface area contributed by atoms with Crippen LogP contribution >= 0.6 is 23.2 Å². The molecule has 0 heterocycles. The van der Waals surface area contributed by atoms with Crippen LogP contribution in [0.5, 0.6) is 0 Å². The number of halogens is 2. The van der Waals surface area contributed by atoms with Crippen molar-refractivity contribution in [3.63, 3.8) is 0 Å². The van der Waals surface area contributed by atoms with Crippen molar-refractivity contribution in [3.05, 3.63) is 24.3 Å². The third-order valence-electron chi connectivity index (χ3n) is 2.85. The lowest BCUT2D eigenvalue weighted by Crippen LogP contribution is -2.37. The maximum atomic E-state index is 11.4. The highest BCUT2D eigenvalue weighted by Gasteiger charge is 2.43. The van der Waals surface area contributed by atoms with Crippen LogP contribution in [0.1, 0.15) is 6.92 Å². The summed E-state index contributed by atoms with van der Waals surface area (Å²) >= 11 is 10.8. The Morgan fingerprint density at radius 3 is 2.00 bits per heavy atom. The lowest BCUT2D eigenvalue weighted by Gasteiger charge is -2.30. The van der Waals surface area contributed by atoms with Gasteiger partial charge in [0.05, 0.1) is 17.3 Å². The van der Waals surface area contributed by atoms with Crippen molar-refractivity contribution in [3.8, 4) is 0 Å². The largest absolute Gasteiger partial charge is 0.481 e. The van der Waals surface area contributed by atoms with E-state index in [9.17, 15) is 14.4 Å². The lowest BCUT2D eigenvalue weighted by atomic mass is 9.73. The van der Waals surface area contributed by atoms with Gasteiger partial charge in [0, 0.05) is 0 Å². The van der Waals surface area contributed by atoms with E-state index in [-0.39, 0.29) is 0 Å². The smallest absolute Gasteiger partial charge is 0.307 e. The molecule has 1 N–H and O–H groups in total. The molecule has 0 amide bonds. The van der Waals surface area contributed by atoms with E-state index in [0.29, 0.717) is 0 Å². The van der Waals surface area contributed by atoms with E-state index in [1.54, 1.807) is 0 Å². The molecule has 0 aromatic carbocycles. The predicted octanol–water partition coefficient (Wildman–Crippen LogP) is 1.97. The molecule has 1 aliphatic carbocycles. The van der Waals surface area contributed by atoms with Crippen molar-refractivity contribution in [1.29, 1.82) is 0 Å². The van der Waals surface area contributed by atoms with Gasteiger partial charge < -0.3 is 5.11 Å². The molecule has 0 saturated carbocycles. The zero-order valence-corrected chi connectivity index (χ0v) is 10.4. The molecular weight excluding hydrogens is 267 g/mol. The zero-order valence-electron chi connectivity index (χ0n) is 8.89. The van der Waals surface area contributed by atoms with Crippen molar-refractivity contribution in [1.82, 2.24) is 0 Å². The van der Waals surface area contributed by atoms with Gasteiger partial charge in [-0.2, -0.15) is 0 Å². The number of aliphatic carboxylic acids is 1. The highest BCUT2D eigenvalue weighted by molar-refractivity contribution is 6.65. The van der Waals surface area contributed by atoms with Crippen LogP contribution in [0.25, 0.3) is 0 Å². The molecular formula is C11H10Cl2O4. The van der Waals surface area contributed by atoms with Crippen molar-refractivity contribution in [2.24, 2.45) is 17.3 Å². The average molecular weight is 277 g/mol. The first-order valence-corrected chi connectivity index (χ1v) is 5.57. The lowest BCUT2D eigenvalue weighted by molar-refractivity contribution is -0.145. The number of carbonyl (C=O) groups excluding carboxylic acids is 2. The molecule has 0 aromatic heterocycles. The normalized spacial score (nSPS) is 28.8. The second-order valence-corrected chi connectivity index (χ2v) is 4.53. The predicted molar refractivity (Wildman–Crippen MR) is 62.7 cm³/mol. The molecule has 0 fully saturated rings. The molecule has 0 radical (unpaired) electrons. The van der Waals surface area contributed by atoms with Crippen molar-refractivity contribution >= 4 is 39.7 Å². The van der Waals surface area contributed by atoms with E-state index >= 15 is 0 Å². The molecule has 1 aliphatic rings. The molecule has 1 rings (SSSR count). The fraction of sp³-hybridized carbons (Fsp3) is 0.364. The molecule has 0 saturated heterocycles. The van der Waals surface area contributed by atoms with E-state index in [1.165, 1.54) is 31.2 Å². The monoisotopic (exact) mass is 276 g/mol. The van der Waals surface area contributed by atoms with Crippen LogP contribution in [0.3, 0.4) is 0 Å². The number of carboxylic acid groups (broad SMARTS) is 1. The summed E-state index contributed by atoms with van der Waals surface area (Å²) in [5, 5.41) is 7.55. The van der Waals surface area contributed by atoms with Gasteiger partial charge in [0.2, 0.25) is 10.5 Å². The fourth-order valence-corrected chi connectivity index (χ4v) is 2.03. The Morgan fingerprint density at radius 1 is 1.24 bits per heavy atom. The van der Waals surface area contributed by atoms with Gasteiger partial charge in [-0.25, -0.2) is 0 Å². The van der Waals surface area contributed by atoms with Crippen LogP contribution in [0, 0.1) is 17.3 Å². The van der Waals surface area contributed by atoms with Crippen molar-refractivity contribution in [2.75, 3.05) is 0 Å². The molecule has 0 aliphatic heterocycles. The van der Waals surface area contributed by atoms with Crippen LogP contribution in [0.4, 0.5) is 0 Å². The Bertz CT molecular complexity index is 411. The van der Waals surface area contributed by atoms with Crippen molar-refractivity contribution in [2.45, 2.75) is 6.92 Å². The van der Waals surface area contributed by atoms with Crippen LogP contribution in [-0.4, -0.2) is 21.6 Å². The van der Waals surface area contributed by atoms with Crippen LogP contribution < -0.4 is 0 Å². The molecule has 0 bridgehead atoms. The number of hydrogen-bond acceptors (Lipinski definition) is 3. The first-order valence-electron chi connectivity index (χ1n) is 4.82. The summed E-state index contributed by atoms with van der Waals surface area (Å²) in [4.78, 5) is 33.3. The minimum atomic E-state index is -1.42. The molecule has 92 valence electrons. The topological polar surface area (TPSA) is 71.4 Å². The van der Waals surface area contributed by atoms with Crippen LogP contribution in [0.15, 0.2) is 24.3 Å². The number of allylic oxidation sites excluding steroid dienone is 4. The number of hydrogen-bond donors (Lipinski definition) is 1. The molecule has 4 nitrogen and oxygen atoms in total. The summed E-state index contributed by atoms with van der Waals surface area (Å²) in [6.45, 7) is 1.38. The molecule has 1 atom stereocenters. The van der Waals surface area contributed by atoms with Gasteiger partial charge in [0.1, 0.15) is 0 Å². The van der Waals surface area contributed by atoms with Gasteiger partial charge in [-0.3, -0.25) is 14.4 Å². The van der Waals surface area contributed by atoms with Gasteiger partial charge in [0.15, 0.2) is 0 Å². The Morgan fingerprint density at radius 2 is 1.71 bits per heavy atom. The number of rotatable bonds is 4. The quantitative estimate of drug-likeness (QED) is 0.630. The second-order valence-electron chi connectivity index (χ2n) is 3.81. The van der Waals surface area contributed by atoms with Crippen molar-refractivity contribution < 1.29 is 19.5 Å². The average Bonchev–Trinajstić information content (AvgIpc) is 2.27. The highest BCUT2D eigenvalue weighted by Crippen LogP contribution is 2.38. The summed E-state index contributed by atoms with van der Waals surface area (Å²) in [6.07, 6.45) is 5.42. The van der Waals surface area contributed by atoms with E-state index in [4.69, 9.17) is 28.3 Å². The van der Waals surface area contributed by atoms with Gasteiger partial charge >= 0.3 is 5.97 Å². The third-order valence-corrected chi connectivity index (χ3v) is 3.43. The zero-order chi connectivity index (χ0) is 13.2. The number of carboxylic acids is 1. The van der Waals surface area contributed by atoms with E-state index in [2.05, 4.69) is 0 Å². The maximum absolute atomic E-state index is 11.4. The second kappa shape index (κ2) is 5.02. The van der Waals surface area contributed by atoms with Gasteiger partial charge in [-0.05, 0) is 23.2 Å². The third kappa shape index (κ3) is 2.58. The summed E-state index contributed by atoms with van der Waals surface area (Å²) in [6, 6.07) is 0. The molecule has 6 heteroatoms. The van der Waals surface area contributed by atoms with Gasteiger partial charge in [0.25, 0.3) is 0 Å². The standard InChI is InChI=1S/C11H10Cl2O4/c1-6(9(15)16)11(10(13)17)4-2-7(3-5-11)8(12)14/h2-7H,1H3,(H,15,16). The summed E-state index contributed by atoms with van der Waals surface area (Å²) in [5.41, 5.74) is -1.42. The number of carbonyl (C=O) groups is 3. The Labute approximate surface area is 108 Å². The summed E-state index contributed by atoms with van der Waals surface area (Å²) in [7, 11) is 0. The summed E-state index contributed by atoms with van der Waals surface area (Å²) < 4.78 is 0. The van der Waals surface area contributed by atoms with Gasteiger partial charge in [-0.1, -0.05) is 31.2 Å². The van der Waals surface area contributed by atoms with E-state index in [0.717, 1.165) is 0 Å². The van der Waals surface area contributed by atoms with Gasteiger partial charge in [-0.15, -0.1) is 0 Å². The van der Waals surface area contributed by atoms with E-state index in [1.807, 2.05) is 0 Å². The molecule has 0 spiro atoms. The minimum Gasteiger partial charge on any atom is -0.481 e. The highest BCUT2D eigenvalue weighted by atomic mass is 35.5. The first kappa shape index (κ1) is 13.9. The maximum Gasteiger partial charge on any atom is 0.307 e. The van der Waals surface area contributed by atoms with E-state index < -0.39 is 33.7 Å². The SMILES string of the molecule is CC(C(=O)O)C1(C(=O)Cl)C=CC(C(=O)Cl)C=C1. The minimum absolute atomic E-state index is 0.601. The van der Waals surface area contributed by atoms with Crippen LogP contribution in [0.2, 0.25) is 0 Å². The Balaban J connectivity index is 3.12. The summed E-state index contributed by atoms with van der Waals surface area (Å²) in [5.74, 6) is -2.82. The van der Waals surface area contributed by atoms with Crippen LogP contribution in [-0.2, 0) is 14.4 Å². The molecule has 1 unspecified atom stereocenters. The molecule has 0 aromatic rings.